The van der Waals surface area contributed by atoms with Crippen molar-refractivity contribution in [3.8, 4) is 11.4 Å². The summed E-state index contributed by atoms with van der Waals surface area (Å²) in [5.41, 5.74) is 12.1. The first-order chi connectivity index (χ1) is 10.6. The number of nitrogens with zero attached hydrogens (tertiary/aromatic N) is 2. The van der Waals surface area contributed by atoms with E-state index < -0.39 is 6.10 Å². The number of nitrogens with two attached hydrogens (primary N) is 1. The lowest BCUT2D eigenvalue weighted by atomic mass is 10.0. The highest BCUT2D eigenvalue weighted by molar-refractivity contribution is 5.89. The van der Waals surface area contributed by atoms with Crippen LogP contribution in [0.5, 0.6) is 0 Å². The molecule has 5 heteroatoms. The first kappa shape index (κ1) is 13.4. The first-order valence-electron chi connectivity index (χ1n) is 7.54. The lowest BCUT2D eigenvalue weighted by molar-refractivity contribution is 0.194. The molecule has 112 valence electrons. The molecule has 0 radical (unpaired) electrons. The fourth-order valence-electron chi connectivity index (χ4n) is 3.19. The molecule has 0 unspecified atom stereocenters. The molecule has 2 heterocycles. The molecule has 4 rings (SSSR count). The number of aromatic amines is 1. The number of aliphatic hydroxyl groups is 1. The molecule has 1 aliphatic rings. The summed E-state index contributed by atoms with van der Waals surface area (Å²) >= 11 is 0. The van der Waals surface area contributed by atoms with Crippen LogP contribution in [-0.2, 0) is 6.42 Å². The van der Waals surface area contributed by atoms with Gasteiger partial charge in [-0.2, -0.15) is 0 Å². The lowest BCUT2D eigenvalue weighted by Gasteiger charge is -2.04. The highest BCUT2D eigenvalue weighted by Crippen LogP contribution is 2.36. The van der Waals surface area contributed by atoms with Crippen LogP contribution in [-0.4, -0.2) is 20.1 Å². The zero-order chi connectivity index (χ0) is 15.3. The Morgan fingerprint density at radius 3 is 2.91 bits per heavy atom. The zero-order valence-corrected chi connectivity index (χ0v) is 12.4. The van der Waals surface area contributed by atoms with E-state index in [1.165, 1.54) is 16.5 Å². The lowest BCUT2D eigenvalue weighted by Crippen LogP contribution is -2.04. The molecule has 0 fully saturated rings. The Bertz CT molecular complexity index is 836. The molecule has 0 bridgehead atoms. The summed E-state index contributed by atoms with van der Waals surface area (Å²) in [6, 6.07) is 6.49. The molecule has 5 nitrogen and oxygen atoms in total. The van der Waals surface area contributed by atoms with Crippen molar-refractivity contribution in [2.24, 2.45) is 5.73 Å². The normalized spacial score (nSPS) is 18.6. The number of rotatable bonds is 2. The van der Waals surface area contributed by atoms with Crippen molar-refractivity contribution in [1.29, 1.82) is 0 Å². The Balaban J connectivity index is 1.80. The molecule has 0 saturated heterocycles. The van der Waals surface area contributed by atoms with E-state index in [-0.39, 0.29) is 6.04 Å². The van der Waals surface area contributed by atoms with E-state index in [2.05, 4.69) is 33.2 Å². The molecule has 2 atom stereocenters. The van der Waals surface area contributed by atoms with Crippen molar-refractivity contribution in [2.45, 2.75) is 31.9 Å². The van der Waals surface area contributed by atoms with E-state index in [9.17, 15) is 5.11 Å². The molecule has 0 aliphatic heterocycles. The van der Waals surface area contributed by atoms with E-state index in [0.29, 0.717) is 5.69 Å². The number of fused-ring (bicyclic) bond motifs is 3. The van der Waals surface area contributed by atoms with Gasteiger partial charge in [-0.25, -0.2) is 0 Å². The van der Waals surface area contributed by atoms with Crippen molar-refractivity contribution in [1.82, 2.24) is 15.0 Å². The van der Waals surface area contributed by atoms with Crippen molar-refractivity contribution >= 4 is 10.9 Å². The third-order valence-corrected chi connectivity index (χ3v) is 4.43. The van der Waals surface area contributed by atoms with Crippen LogP contribution in [0, 0.1) is 0 Å². The van der Waals surface area contributed by atoms with Crippen LogP contribution in [0.4, 0.5) is 0 Å². The Morgan fingerprint density at radius 2 is 2.18 bits per heavy atom. The van der Waals surface area contributed by atoms with Crippen molar-refractivity contribution in [3.05, 3.63) is 47.4 Å². The third-order valence-electron chi connectivity index (χ3n) is 4.43. The van der Waals surface area contributed by atoms with Gasteiger partial charge in [0, 0.05) is 16.9 Å². The van der Waals surface area contributed by atoms with Crippen LogP contribution in [0.2, 0.25) is 0 Å². The second kappa shape index (κ2) is 4.90. The maximum Gasteiger partial charge on any atom is 0.105 e. The van der Waals surface area contributed by atoms with Gasteiger partial charge in [0.05, 0.1) is 29.9 Å². The molecule has 0 saturated carbocycles. The second-order valence-electron chi connectivity index (χ2n) is 5.93. The quantitative estimate of drug-likeness (QED) is 0.678. The smallest absolute Gasteiger partial charge is 0.105 e. The van der Waals surface area contributed by atoms with Gasteiger partial charge in [-0.15, -0.1) is 0 Å². The molecular weight excluding hydrogens is 276 g/mol. The summed E-state index contributed by atoms with van der Waals surface area (Å²) in [4.78, 5) is 12.1. The number of aliphatic hydroxyl groups excluding tert-OH is 1. The maximum atomic E-state index is 9.51. The fraction of sp³-hybridized carbons (Fsp3) is 0.294. The van der Waals surface area contributed by atoms with Crippen LogP contribution in [0.15, 0.2) is 30.6 Å². The maximum absolute atomic E-state index is 9.51. The number of H-pyrrole nitrogens is 1. The number of benzene rings is 1. The molecule has 0 amide bonds. The van der Waals surface area contributed by atoms with E-state index in [0.717, 1.165) is 29.7 Å². The van der Waals surface area contributed by atoms with Crippen LogP contribution in [0.25, 0.3) is 22.3 Å². The summed E-state index contributed by atoms with van der Waals surface area (Å²) in [5, 5.41) is 10.7. The minimum Gasteiger partial charge on any atom is -0.387 e. The summed E-state index contributed by atoms with van der Waals surface area (Å²) < 4.78 is 0. The minimum atomic E-state index is -0.603. The molecular formula is C17H18N4O. The number of hydrogen-bond donors (Lipinski definition) is 3. The topological polar surface area (TPSA) is 87.8 Å². The Morgan fingerprint density at radius 1 is 1.32 bits per heavy atom. The van der Waals surface area contributed by atoms with Crippen molar-refractivity contribution < 1.29 is 5.11 Å². The summed E-state index contributed by atoms with van der Waals surface area (Å²) in [5.74, 6) is 0. The molecule has 22 heavy (non-hydrogen) atoms. The summed E-state index contributed by atoms with van der Waals surface area (Å²) in [6.45, 7) is 1.68. The number of nitrogens with one attached hydrogen (secondary N) is 1. The largest absolute Gasteiger partial charge is 0.387 e. The highest BCUT2D eigenvalue weighted by Gasteiger charge is 2.22. The highest BCUT2D eigenvalue weighted by atomic mass is 16.3. The number of aryl methyl sites for hydroxylation is 1. The van der Waals surface area contributed by atoms with Crippen LogP contribution >= 0.6 is 0 Å². The van der Waals surface area contributed by atoms with Crippen LogP contribution < -0.4 is 5.73 Å². The SMILES string of the molecule is C[C@@H](O)c1cnc(-c2cc3c4c(ccc3[nH]2)[C@H](N)CC4)cn1. The first-order valence-corrected chi connectivity index (χ1v) is 7.54. The monoisotopic (exact) mass is 294 g/mol. The van der Waals surface area contributed by atoms with E-state index in [1.807, 2.05) is 0 Å². The average Bonchev–Trinajstić information content (AvgIpc) is 3.11. The Labute approximate surface area is 128 Å². The number of hydrogen-bond acceptors (Lipinski definition) is 4. The second-order valence-corrected chi connectivity index (χ2v) is 5.93. The van der Waals surface area contributed by atoms with Crippen molar-refractivity contribution in [3.63, 3.8) is 0 Å². The molecule has 0 spiro atoms. The predicted molar refractivity (Wildman–Crippen MR) is 85.2 cm³/mol. The van der Waals surface area contributed by atoms with E-state index in [1.54, 1.807) is 19.3 Å². The van der Waals surface area contributed by atoms with Gasteiger partial charge in [0.15, 0.2) is 0 Å². The molecule has 4 N–H and O–H groups in total. The predicted octanol–water partition coefficient (Wildman–Crippen LogP) is 2.62. The van der Waals surface area contributed by atoms with Gasteiger partial charge in [0.2, 0.25) is 0 Å². The standard InChI is InChI=1S/C17H18N4O/c1-9(22)16-7-20-17(8-19-16)15-6-12-10-2-4-13(18)11(10)3-5-14(12)21-15/h3,5-9,13,21-22H,2,4,18H2,1H3/t9-,13-/m1/s1. The van der Waals surface area contributed by atoms with Gasteiger partial charge in [-0.05, 0) is 43.0 Å². The van der Waals surface area contributed by atoms with Gasteiger partial charge in [-0.3, -0.25) is 9.97 Å². The summed E-state index contributed by atoms with van der Waals surface area (Å²) in [7, 11) is 0. The van der Waals surface area contributed by atoms with Gasteiger partial charge >= 0.3 is 0 Å². The Hall–Kier alpha value is -2.24. The van der Waals surface area contributed by atoms with Crippen LogP contribution in [0.1, 0.15) is 42.3 Å². The Kier molecular flexibility index (Phi) is 2.99. The molecule has 2 aromatic heterocycles. The third kappa shape index (κ3) is 2.01. The molecule has 1 aromatic carbocycles. The van der Waals surface area contributed by atoms with Gasteiger partial charge < -0.3 is 15.8 Å². The minimum absolute atomic E-state index is 0.155. The van der Waals surface area contributed by atoms with Gasteiger partial charge in [0.1, 0.15) is 5.69 Å². The van der Waals surface area contributed by atoms with Crippen molar-refractivity contribution in [2.75, 3.05) is 0 Å². The van der Waals surface area contributed by atoms with E-state index in [4.69, 9.17) is 5.73 Å². The average molecular weight is 294 g/mol. The van der Waals surface area contributed by atoms with E-state index >= 15 is 0 Å². The van der Waals surface area contributed by atoms with Gasteiger partial charge in [0.25, 0.3) is 0 Å². The molecule has 1 aliphatic carbocycles. The van der Waals surface area contributed by atoms with Crippen LogP contribution in [0.3, 0.4) is 0 Å². The fourth-order valence-corrected chi connectivity index (χ4v) is 3.19. The zero-order valence-electron chi connectivity index (χ0n) is 12.4. The summed E-state index contributed by atoms with van der Waals surface area (Å²) in [6.07, 6.45) is 4.74. The number of aromatic nitrogens is 3. The van der Waals surface area contributed by atoms with Gasteiger partial charge in [-0.1, -0.05) is 6.07 Å². The molecule has 3 aromatic rings.